The molecule has 0 aliphatic carbocycles. The van der Waals surface area contributed by atoms with Crippen molar-refractivity contribution in [2.24, 2.45) is 0 Å². The van der Waals surface area contributed by atoms with E-state index in [1.807, 2.05) is 0 Å². The molecule has 0 unspecified atom stereocenters. The Morgan fingerprint density at radius 1 is 1.24 bits per heavy atom. The van der Waals surface area contributed by atoms with Crippen molar-refractivity contribution in [2.75, 3.05) is 32.7 Å². The second-order valence-corrected chi connectivity index (χ2v) is 5.30. The predicted molar refractivity (Wildman–Crippen MR) is 76.5 cm³/mol. The molecule has 0 saturated carbocycles. The highest BCUT2D eigenvalue weighted by Crippen LogP contribution is 2.10. The Balaban J connectivity index is 2.09. The third kappa shape index (κ3) is 3.49. The van der Waals surface area contributed by atoms with Crippen LogP contribution in [0, 0.1) is 13.8 Å². The molecule has 7 nitrogen and oxygen atoms in total. The van der Waals surface area contributed by atoms with Gasteiger partial charge in [-0.1, -0.05) is 0 Å². The number of aryl methyl sites for hydroxylation is 2. The van der Waals surface area contributed by atoms with Crippen molar-refractivity contribution < 1.29 is 14.7 Å². The Morgan fingerprint density at radius 3 is 2.38 bits per heavy atom. The van der Waals surface area contributed by atoms with E-state index in [-0.39, 0.29) is 23.6 Å². The molecular weight excluding hydrogens is 274 g/mol. The number of hydrogen-bond donors (Lipinski definition) is 2. The Bertz CT molecular complexity index is 615. The third-order valence-corrected chi connectivity index (χ3v) is 3.60. The first-order valence-corrected chi connectivity index (χ1v) is 6.82. The molecule has 7 heteroatoms. The molecule has 1 fully saturated rings. The average molecular weight is 293 g/mol. The summed E-state index contributed by atoms with van der Waals surface area (Å²) in [6, 6.07) is 1.77. The first-order valence-electron chi connectivity index (χ1n) is 6.82. The molecule has 1 amide bonds. The van der Waals surface area contributed by atoms with E-state index in [0.29, 0.717) is 31.7 Å². The fraction of sp³-hybridized carbons (Fsp3) is 0.500. The lowest BCUT2D eigenvalue weighted by Crippen LogP contribution is -2.50. The van der Waals surface area contributed by atoms with E-state index >= 15 is 0 Å². The zero-order valence-corrected chi connectivity index (χ0v) is 12.2. The maximum Gasteiger partial charge on any atom is 0.317 e. The molecule has 2 heterocycles. The van der Waals surface area contributed by atoms with Crippen LogP contribution in [0.15, 0.2) is 10.9 Å². The molecule has 21 heavy (non-hydrogen) atoms. The van der Waals surface area contributed by atoms with Gasteiger partial charge in [0.2, 0.25) is 0 Å². The minimum atomic E-state index is -0.874. The summed E-state index contributed by atoms with van der Waals surface area (Å²) >= 11 is 0. The van der Waals surface area contributed by atoms with Crippen LogP contribution in [0.25, 0.3) is 0 Å². The van der Waals surface area contributed by atoms with Crippen LogP contribution >= 0.6 is 0 Å². The molecule has 1 aromatic heterocycles. The molecule has 0 bridgehead atoms. The zero-order valence-electron chi connectivity index (χ0n) is 12.2. The molecule has 2 rings (SSSR count). The van der Waals surface area contributed by atoms with E-state index in [0.717, 1.165) is 5.69 Å². The number of nitrogens with one attached hydrogen (secondary N) is 1. The number of H-pyrrole nitrogens is 1. The summed E-state index contributed by atoms with van der Waals surface area (Å²) < 4.78 is 0. The van der Waals surface area contributed by atoms with E-state index < -0.39 is 5.97 Å². The minimum absolute atomic E-state index is 0.0217. The SMILES string of the molecule is Cc1cc(C)c(C(=O)N2CCN(CC(=O)O)CC2)c(=O)[nH]1. The molecule has 1 saturated heterocycles. The van der Waals surface area contributed by atoms with Gasteiger partial charge in [-0.2, -0.15) is 0 Å². The quantitative estimate of drug-likeness (QED) is 0.807. The van der Waals surface area contributed by atoms with Crippen molar-refractivity contribution in [3.8, 4) is 0 Å². The number of aliphatic carboxylic acids is 1. The van der Waals surface area contributed by atoms with Gasteiger partial charge in [-0.25, -0.2) is 0 Å². The van der Waals surface area contributed by atoms with Crippen LogP contribution in [0.4, 0.5) is 0 Å². The van der Waals surface area contributed by atoms with E-state index in [4.69, 9.17) is 5.11 Å². The molecule has 1 aromatic rings. The summed E-state index contributed by atoms with van der Waals surface area (Å²) in [5, 5.41) is 8.75. The van der Waals surface area contributed by atoms with Gasteiger partial charge >= 0.3 is 5.97 Å². The van der Waals surface area contributed by atoms with Gasteiger partial charge in [-0.3, -0.25) is 19.3 Å². The molecule has 0 aromatic carbocycles. The van der Waals surface area contributed by atoms with Crippen LogP contribution in [0.3, 0.4) is 0 Å². The molecule has 1 aliphatic rings. The second kappa shape index (κ2) is 6.09. The second-order valence-electron chi connectivity index (χ2n) is 5.30. The van der Waals surface area contributed by atoms with E-state index in [2.05, 4.69) is 4.98 Å². The van der Waals surface area contributed by atoms with Gasteiger partial charge in [0.05, 0.1) is 6.54 Å². The largest absolute Gasteiger partial charge is 0.480 e. The van der Waals surface area contributed by atoms with Gasteiger partial charge in [-0.05, 0) is 25.5 Å². The lowest BCUT2D eigenvalue weighted by molar-refractivity contribution is -0.138. The highest BCUT2D eigenvalue weighted by atomic mass is 16.4. The molecule has 1 aliphatic heterocycles. The molecular formula is C14H19N3O4. The number of hydrogen-bond acceptors (Lipinski definition) is 4. The molecule has 2 N–H and O–H groups in total. The van der Waals surface area contributed by atoms with Gasteiger partial charge in [0, 0.05) is 31.9 Å². The molecule has 0 spiro atoms. The minimum Gasteiger partial charge on any atom is -0.480 e. The summed E-state index contributed by atoms with van der Waals surface area (Å²) in [5.41, 5.74) is 1.19. The number of carboxylic acid groups (broad SMARTS) is 1. The number of carbonyl (C=O) groups is 2. The number of rotatable bonds is 3. The topological polar surface area (TPSA) is 93.7 Å². The van der Waals surface area contributed by atoms with Crippen molar-refractivity contribution in [3.63, 3.8) is 0 Å². The van der Waals surface area contributed by atoms with Gasteiger partial charge in [0.25, 0.3) is 11.5 Å². The summed E-state index contributed by atoms with van der Waals surface area (Å²) in [6.45, 7) is 5.36. The average Bonchev–Trinajstić information content (AvgIpc) is 2.37. The fourth-order valence-electron chi connectivity index (χ4n) is 2.58. The lowest BCUT2D eigenvalue weighted by Gasteiger charge is -2.33. The van der Waals surface area contributed by atoms with Crippen molar-refractivity contribution in [1.82, 2.24) is 14.8 Å². The summed E-state index contributed by atoms with van der Waals surface area (Å²) in [4.78, 5) is 41.1. The van der Waals surface area contributed by atoms with Crippen molar-refractivity contribution in [2.45, 2.75) is 13.8 Å². The van der Waals surface area contributed by atoms with E-state index in [1.165, 1.54) is 0 Å². The Hall–Kier alpha value is -2.15. The van der Waals surface area contributed by atoms with Crippen molar-refractivity contribution >= 4 is 11.9 Å². The van der Waals surface area contributed by atoms with E-state index in [1.54, 1.807) is 29.7 Å². The van der Waals surface area contributed by atoms with Crippen LogP contribution in [0.2, 0.25) is 0 Å². The van der Waals surface area contributed by atoms with Gasteiger partial charge in [-0.15, -0.1) is 0 Å². The number of carboxylic acids is 1. The molecule has 0 radical (unpaired) electrons. The number of nitrogens with zero attached hydrogens (tertiary/aromatic N) is 2. The highest BCUT2D eigenvalue weighted by Gasteiger charge is 2.25. The third-order valence-electron chi connectivity index (χ3n) is 3.60. The smallest absolute Gasteiger partial charge is 0.317 e. The number of aromatic nitrogens is 1. The van der Waals surface area contributed by atoms with Crippen LogP contribution < -0.4 is 5.56 Å². The predicted octanol–water partition coefficient (Wildman–Crippen LogP) is -0.166. The normalized spacial score (nSPS) is 16.0. The summed E-state index contributed by atoms with van der Waals surface area (Å²) in [7, 11) is 0. The zero-order chi connectivity index (χ0) is 15.6. The van der Waals surface area contributed by atoms with Crippen molar-refractivity contribution in [1.29, 1.82) is 0 Å². The van der Waals surface area contributed by atoms with E-state index in [9.17, 15) is 14.4 Å². The molecule has 114 valence electrons. The lowest BCUT2D eigenvalue weighted by atomic mass is 10.1. The highest BCUT2D eigenvalue weighted by molar-refractivity contribution is 5.95. The maximum absolute atomic E-state index is 12.5. The fourth-order valence-corrected chi connectivity index (χ4v) is 2.58. The Morgan fingerprint density at radius 2 is 1.86 bits per heavy atom. The monoisotopic (exact) mass is 293 g/mol. The number of pyridine rings is 1. The van der Waals surface area contributed by atoms with Crippen LogP contribution in [-0.4, -0.2) is 64.5 Å². The van der Waals surface area contributed by atoms with Gasteiger partial charge in [0.1, 0.15) is 5.56 Å². The standard InChI is InChI=1S/C14H19N3O4/c1-9-7-10(2)15-13(20)12(9)14(21)17-5-3-16(4-6-17)8-11(18)19/h7H,3-6,8H2,1-2H3,(H,15,20)(H,18,19). The Kier molecular flexibility index (Phi) is 4.42. The van der Waals surface area contributed by atoms with Crippen LogP contribution in [0.5, 0.6) is 0 Å². The first-order chi connectivity index (χ1) is 9.88. The Labute approximate surface area is 122 Å². The van der Waals surface area contributed by atoms with Crippen LogP contribution in [-0.2, 0) is 4.79 Å². The molecule has 0 atom stereocenters. The first kappa shape index (κ1) is 15.2. The number of amides is 1. The van der Waals surface area contributed by atoms with Crippen LogP contribution in [0.1, 0.15) is 21.6 Å². The maximum atomic E-state index is 12.5. The number of aromatic amines is 1. The van der Waals surface area contributed by atoms with Crippen molar-refractivity contribution in [3.05, 3.63) is 33.2 Å². The summed E-state index contributed by atoms with van der Waals surface area (Å²) in [5.74, 6) is -1.16. The van der Waals surface area contributed by atoms with Gasteiger partial charge in [0.15, 0.2) is 0 Å². The van der Waals surface area contributed by atoms with Gasteiger partial charge < -0.3 is 15.0 Å². The number of carbonyl (C=O) groups excluding carboxylic acids is 1. The summed E-state index contributed by atoms with van der Waals surface area (Å²) in [6.07, 6.45) is 0. The number of piperazine rings is 1.